The third kappa shape index (κ3) is 4.92. The van der Waals surface area contributed by atoms with E-state index in [9.17, 15) is 0 Å². The number of hydrogen-bond donors (Lipinski definition) is 2. The number of rotatable bonds is 8. The molecule has 0 fully saturated rings. The number of pyridine rings is 1. The molecule has 0 aliphatic rings. The van der Waals surface area contributed by atoms with Crippen LogP contribution in [0.1, 0.15) is 33.6 Å². The van der Waals surface area contributed by atoms with Crippen LogP contribution < -0.4 is 15.8 Å². The maximum absolute atomic E-state index is 5.79. The first kappa shape index (κ1) is 14.8. The lowest BCUT2D eigenvalue weighted by atomic mass is 10.0. The van der Waals surface area contributed by atoms with Crippen molar-refractivity contribution in [1.82, 2.24) is 4.98 Å². The van der Waals surface area contributed by atoms with E-state index in [-0.39, 0.29) is 6.04 Å². The van der Waals surface area contributed by atoms with Gasteiger partial charge in [0.15, 0.2) is 11.6 Å². The highest BCUT2D eigenvalue weighted by atomic mass is 16.5. The Morgan fingerprint density at radius 3 is 2.83 bits per heavy atom. The Morgan fingerprint density at radius 2 is 2.22 bits per heavy atom. The van der Waals surface area contributed by atoms with Crippen LogP contribution in [-0.4, -0.2) is 24.2 Å². The number of nitrogens with two attached hydrogens (primary N) is 1. The first-order valence-corrected chi connectivity index (χ1v) is 6.71. The van der Waals surface area contributed by atoms with Gasteiger partial charge in [-0.2, -0.15) is 0 Å². The van der Waals surface area contributed by atoms with E-state index in [0.29, 0.717) is 19.1 Å². The first-order valence-electron chi connectivity index (χ1n) is 6.71. The van der Waals surface area contributed by atoms with Gasteiger partial charge in [0.25, 0.3) is 0 Å². The van der Waals surface area contributed by atoms with Gasteiger partial charge in [-0.15, -0.1) is 0 Å². The minimum atomic E-state index is 0.240. The third-order valence-corrected chi connectivity index (χ3v) is 2.61. The van der Waals surface area contributed by atoms with Crippen LogP contribution in [0.4, 0.5) is 5.82 Å². The van der Waals surface area contributed by atoms with Gasteiger partial charge in [0.1, 0.15) is 0 Å². The van der Waals surface area contributed by atoms with Gasteiger partial charge in [-0.3, -0.25) is 0 Å². The summed E-state index contributed by atoms with van der Waals surface area (Å²) in [5.41, 5.74) is 5.79. The van der Waals surface area contributed by atoms with Gasteiger partial charge < -0.3 is 15.8 Å². The third-order valence-electron chi connectivity index (χ3n) is 2.61. The summed E-state index contributed by atoms with van der Waals surface area (Å²) in [6.07, 6.45) is 3.78. The molecular formula is C14H25N3O. The normalized spacial score (nSPS) is 12.5. The predicted octanol–water partition coefficient (Wildman–Crippen LogP) is 2.66. The molecule has 0 spiro atoms. The molecular weight excluding hydrogens is 226 g/mol. The number of ether oxygens (including phenoxy) is 1. The highest BCUT2D eigenvalue weighted by Gasteiger charge is 2.12. The van der Waals surface area contributed by atoms with Crippen LogP contribution >= 0.6 is 0 Å². The molecule has 1 unspecified atom stereocenters. The first-order chi connectivity index (χ1) is 8.67. The molecule has 102 valence electrons. The Bertz CT molecular complexity index is 342. The number of nitrogens with one attached hydrogen (secondary N) is 1. The molecule has 0 amide bonds. The van der Waals surface area contributed by atoms with Gasteiger partial charge in [-0.05, 0) is 30.9 Å². The van der Waals surface area contributed by atoms with Crippen LogP contribution in [0.3, 0.4) is 0 Å². The van der Waals surface area contributed by atoms with Crippen molar-refractivity contribution in [2.45, 2.75) is 39.7 Å². The standard InChI is InChI=1S/C14H25N3O/c1-4-8-18-13-6-5-7-16-14(13)17-12(10-15)9-11(2)3/h5-7,11-12H,4,8-10,15H2,1-3H3,(H,16,17). The highest BCUT2D eigenvalue weighted by molar-refractivity contribution is 5.50. The van der Waals surface area contributed by atoms with Crippen molar-refractivity contribution in [1.29, 1.82) is 0 Å². The van der Waals surface area contributed by atoms with E-state index in [0.717, 1.165) is 24.4 Å². The summed E-state index contributed by atoms with van der Waals surface area (Å²) in [6, 6.07) is 4.06. The predicted molar refractivity (Wildman–Crippen MR) is 75.9 cm³/mol. The van der Waals surface area contributed by atoms with Crippen LogP contribution in [0.2, 0.25) is 0 Å². The number of hydrogen-bond acceptors (Lipinski definition) is 4. The molecule has 1 atom stereocenters. The lowest BCUT2D eigenvalue weighted by Crippen LogP contribution is -2.30. The zero-order valence-electron chi connectivity index (χ0n) is 11.6. The van der Waals surface area contributed by atoms with E-state index in [1.54, 1.807) is 6.20 Å². The van der Waals surface area contributed by atoms with Crippen molar-refractivity contribution in [3.8, 4) is 5.75 Å². The van der Waals surface area contributed by atoms with Crippen molar-refractivity contribution < 1.29 is 4.74 Å². The summed E-state index contributed by atoms with van der Waals surface area (Å²) in [5.74, 6) is 2.21. The van der Waals surface area contributed by atoms with E-state index in [1.807, 2.05) is 12.1 Å². The molecule has 4 nitrogen and oxygen atoms in total. The van der Waals surface area contributed by atoms with Crippen molar-refractivity contribution in [3.63, 3.8) is 0 Å². The van der Waals surface area contributed by atoms with Crippen LogP contribution in [-0.2, 0) is 0 Å². The maximum Gasteiger partial charge on any atom is 0.169 e. The molecule has 0 saturated heterocycles. The Hall–Kier alpha value is -1.29. The summed E-state index contributed by atoms with van der Waals surface area (Å²) in [5, 5.41) is 3.38. The second-order valence-corrected chi connectivity index (χ2v) is 4.91. The molecule has 0 bridgehead atoms. The monoisotopic (exact) mass is 251 g/mol. The second-order valence-electron chi connectivity index (χ2n) is 4.91. The van der Waals surface area contributed by atoms with Gasteiger partial charge in [-0.1, -0.05) is 20.8 Å². The van der Waals surface area contributed by atoms with E-state index in [1.165, 1.54) is 0 Å². The Balaban J connectivity index is 2.69. The van der Waals surface area contributed by atoms with Crippen LogP contribution in [0.15, 0.2) is 18.3 Å². The molecule has 0 aliphatic heterocycles. The number of nitrogens with zero attached hydrogens (tertiary/aromatic N) is 1. The molecule has 1 rings (SSSR count). The molecule has 0 aromatic carbocycles. The van der Waals surface area contributed by atoms with Crippen molar-refractivity contribution in [2.24, 2.45) is 11.7 Å². The average molecular weight is 251 g/mol. The quantitative estimate of drug-likeness (QED) is 0.745. The van der Waals surface area contributed by atoms with E-state index in [4.69, 9.17) is 10.5 Å². The largest absolute Gasteiger partial charge is 0.490 e. The Kier molecular flexibility index (Phi) is 6.50. The smallest absolute Gasteiger partial charge is 0.169 e. The lowest BCUT2D eigenvalue weighted by Gasteiger charge is -2.21. The van der Waals surface area contributed by atoms with E-state index < -0.39 is 0 Å². The van der Waals surface area contributed by atoms with Gasteiger partial charge in [-0.25, -0.2) is 4.98 Å². The minimum absolute atomic E-state index is 0.240. The van der Waals surface area contributed by atoms with Crippen LogP contribution in [0.5, 0.6) is 5.75 Å². The fraction of sp³-hybridized carbons (Fsp3) is 0.643. The van der Waals surface area contributed by atoms with Gasteiger partial charge in [0.2, 0.25) is 0 Å². The summed E-state index contributed by atoms with van der Waals surface area (Å²) >= 11 is 0. The Morgan fingerprint density at radius 1 is 1.44 bits per heavy atom. The minimum Gasteiger partial charge on any atom is -0.490 e. The fourth-order valence-corrected chi connectivity index (χ4v) is 1.80. The molecule has 1 aromatic rings. The van der Waals surface area contributed by atoms with Gasteiger partial charge >= 0.3 is 0 Å². The summed E-state index contributed by atoms with van der Waals surface area (Å²) in [7, 11) is 0. The van der Waals surface area contributed by atoms with Crippen molar-refractivity contribution >= 4 is 5.82 Å². The molecule has 1 aromatic heterocycles. The van der Waals surface area contributed by atoms with E-state index in [2.05, 4.69) is 31.1 Å². The number of aromatic nitrogens is 1. The molecule has 3 N–H and O–H groups in total. The topological polar surface area (TPSA) is 60.2 Å². The molecule has 0 saturated carbocycles. The molecule has 0 radical (unpaired) electrons. The molecule has 1 heterocycles. The summed E-state index contributed by atoms with van der Waals surface area (Å²) in [6.45, 7) is 7.78. The summed E-state index contributed by atoms with van der Waals surface area (Å²) in [4.78, 5) is 4.33. The molecule has 4 heteroatoms. The fourth-order valence-electron chi connectivity index (χ4n) is 1.80. The Labute approximate surface area is 110 Å². The summed E-state index contributed by atoms with van der Waals surface area (Å²) < 4.78 is 5.67. The second kappa shape index (κ2) is 7.93. The van der Waals surface area contributed by atoms with Crippen molar-refractivity contribution in [2.75, 3.05) is 18.5 Å². The van der Waals surface area contributed by atoms with Crippen LogP contribution in [0.25, 0.3) is 0 Å². The number of anilines is 1. The highest BCUT2D eigenvalue weighted by Crippen LogP contribution is 2.22. The van der Waals surface area contributed by atoms with Gasteiger partial charge in [0, 0.05) is 18.8 Å². The van der Waals surface area contributed by atoms with E-state index >= 15 is 0 Å². The zero-order valence-corrected chi connectivity index (χ0v) is 11.6. The molecule has 0 aliphatic carbocycles. The maximum atomic E-state index is 5.79. The van der Waals surface area contributed by atoms with Crippen molar-refractivity contribution in [3.05, 3.63) is 18.3 Å². The van der Waals surface area contributed by atoms with Crippen LogP contribution in [0, 0.1) is 5.92 Å². The SMILES string of the molecule is CCCOc1cccnc1NC(CN)CC(C)C. The zero-order chi connectivity index (χ0) is 13.4. The lowest BCUT2D eigenvalue weighted by molar-refractivity contribution is 0.317. The van der Waals surface area contributed by atoms with Gasteiger partial charge in [0.05, 0.1) is 6.61 Å². The average Bonchev–Trinajstić information content (AvgIpc) is 2.36. The molecule has 18 heavy (non-hydrogen) atoms.